The van der Waals surface area contributed by atoms with Gasteiger partial charge in [-0.25, -0.2) is 0 Å². The highest BCUT2D eigenvalue weighted by atomic mass is 32.2. The fourth-order valence-electron chi connectivity index (χ4n) is 16.5. The highest BCUT2D eigenvalue weighted by Gasteiger charge is 2.46. The minimum Gasteiger partial charge on any atom is -0.508 e. The minimum atomic E-state index is -1.76. The first-order chi connectivity index (χ1) is 62.3. The van der Waals surface area contributed by atoms with Gasteiger partial charge in [-0.1, -0.05) is 116 Å². The Balaban J connectivity index is 1.19. The zero-order valence-electron chi connectivity index (χ0n) is 76.2. The van der Waals surface area contributed by atoms with Gasteiger partial charge < -0.3 is 121 Å². The van der Waals surface area contributed by atoms with Gasteiger partial charge in [-0.2, -0.15) is 0 Å². The van der Waals surface area contributed by atoms with E-state index in [4.69, 9.17) is 22.9 Å². The molecule has 5 heterocycles. The number of thioether (sulfide) groups is 1. The molecule has 3 fully saturated rings. The molecule has 15 atom stereocenters. The number of aliphatic hydroxyl groups excluding tert-OH is 1. The van der Waals surface area contributed by atoms with Crippen LogP contribution in [0.5, 0.6) is 5.75 Å². The second-order valence-electron chi connectivity index (χ2n) is 34.8. The molecule has 0 spiro atoms. The molecular formula is C90H131N21O19S. The largest absolute Gasteiger partial charge is 0.508 e. The molecule has 17 amide bonds. The van der Waals surface area contributed by atoms with E-state index >= 15 is 33.6 Å². The summed E-state index contributed by atoms with van der Waals surface area (Å²) in [5, 5.41) is 49.7. The number of aromatic hydroxyl groups is 1. The maximum Gasteiger partial charge on any atom is 0.246 e. The number of nitrogens with one attached hydrogen (secondary N) is 12. The summed E-state index contributed by atoms with van der Waals surface area (Å²) in [6, 6.07) is -0.759. The molecule has 2 aromatic heterocycles. The van der Waals surface area contributed by atoms with Crippen molar-refractivity contribution >= 4 is 134 Å². The van der Waals surface area contributed by atoms with Gasteiger partial charge in [0.1, 0.15) is 90.3 Å². The molecule has 716 valence electrons. The summed E-state index contributed by atoms with van der Waals surface area (Å²) >= 11 is 0.802. The molecule has 40 nitrogen and oxygen atoms in total. The van der Waals surface area contributed by atoms with E-state index in [2.05, 4.69) is 63.1 Å². The summed E-state index contributed by atoms with van der Waals surface area (Å²) in [4.78, 5) is 261. The molecule has 0 saturated carbocycles. The maximum atomic E-state index is 15.8. The predicted molar refractivity (Wildman–Crippen MR) is 488 cm³/mol. The number of nitrogens with zero attached hydrogens (tertiary/aromatic N) is 5. The predicted octanol–water partition coefficient (Wildman–Crippen LogP) is -1.41. The molecule has 3 aliphatic rings. The molecule has 0 bridgehead atoms. The number of rotatable bonds is 24. The number of aliphatic hydroxyl groups is 1. The van der Waals surface area contributed by atoms with Crippen LogP contribution in [0.3, 0.4) is 0 Å². The third kappa shape index (κ3) is 29.1. The van der Waals surface area contributed by atoms with E-state index in [9.17, 15) is 58.2 Å². The second kappa shape index (κ2) is 49.7. The molecular weight excluding hydrogens is 1710 g/mol. The maximum absolute atomic E-state index is 15.8. The molecule has 8 rings (SSSR count). The first-order valence-corrected chi connectivity index (χ1v) is 45.9. The number of H-pyrrole nitrogens is 2. The Morgan fingerprint density at radius 2 is 1.00 bits per heavy atom. The Labute approximate surface area is 765 Å². The molecule has 0 radical (unpaired) electrons. The monoisotopic (exact) mass is 1840 g/mol. The number of aromatic nitrogens is 2. The molecule has 3 aromatic carbocycles. The van der Waals surface area contributed by atoms with Crippen LogP contribution in [-0.4, -0.2) is 301 Å². The average Bonchev–Trinajstić information content (AvgIpc) is 1.79. The molecule has 3 saturated heterocycles. The number of likely N-dealkylation sites (N-methyl/N-ethyl adjacent to an activating group) is 3. The van der Waals surface area contributed by atoms with Crippen LogP contribution in [0.2, 0.25) is 0 Å². The highest BCUT2D eigenvalue weighted by Crippen LogP contribution is 2.28. The zero-order valence-corrected chi connectivity index (χ0v) is 77.0. The van der Waals surface area contributed by atoms with Crippen LogP contribution >= 0.6 is 11.8 Å². The molecule has 41 heteroatoms. The topological polar surface area (TPSA) is 603 Å². The van der Waals surface area contributed by atoms with Gasteiger partial charge in [0.05, 0.1) is 24.8 Å². The van der Waals surface area contributed by atoms with Crippen molar-refractivity contribution in [1.82, 2.24) is 87.6 Å². The summed E-state index contributed by atoms with van der Waals surface area (Å²) in [5.74, 6) is -16.8. The lowest BCUT2D eigenvalue weighted by Gasteiger charge is -2.40. The van der Waals surface area contributed by atoms with Crippen LogP contribution in [0, 0.1) is 11.8 Å². The van der Waals surface area contributed by atoms with E-state index in [-0.39, 0.29) is 113 Å². The van der Waals surface area contributed by atoms with Crippen molar-refractivity contribution in [3.05, 3.63) is 102 Å². The third-order valence-electron chi connectivity index (χ3n) is 23.9. The van der Waals surface area contributed by atoms with Crippen molar-refractivity contribution in [1.29, 1.82) is 0 Å². The van der Waals surface area contributed by atoms with Crippen molar-refractivity contribution in [3.63, 3.8) is 0 Å². The Bertz CT molecular complexity index is 4870. The molecule has 5 aromatic rings. The number of carbonyl (C=O) groups is 17. The average molecular weight is 1840 g/mol. The second-order valence-corrected chi connectivity index (χ2v) is 35.8. The Kier molecular flexibility index (Phi) is 39.5. The van der Waals surface area contributed by atoms with Gasteiger partial charge >= 0.3 is 0 Å². The number of aromatic amines is 2. The number of para-hydroxylation sites is 2. The zero-order chi connectivity index (χ0) is 96.2. The molecule has 22 N–H and O–H groups in total. The summed E-state index contributed by atoms with van der Waals surface area (Å²) in [6.07, 6.45) is 2.23. The van der Waals surface area contributed by atoms with E-state index in [1.807, 2.05) is 26.0 Å². The lowest BCUT2D eigenvalue weighted by Crippen LogP contribution is -2.64. The Morgan fingerprint density at radius 1 is 0.504 bits per heavy atom. The first kappa shape index (κ1) is 104. The SMILES string of the molecule is CCCC[C@H]1C(=O)N(C)[C@@H](CCCC)C(=O)N[C@@H](CC(C)C)C(=O)N[C@H](C(=O)NCC(N)=O)CSCC(=O)N[C@@H](Cc2ccc(O)cc2)C(=O)N(C)[C@@H](C)C(=O)N[C@@H](CC(N)=O)C(=O)N2CCC[C@H]2C(=O)N[C@@H](CN)C(=O)N[C@@H](CC(C)C)C(=O)N2C[C@@H](O)CC[C@H]2C(=O)N[C@@H](Cc2c[nH]c3ccccc23)C(=O)N[C@@H](CCN)C(=O)N[C@@H](Cc2c[nH]c3ccccc23)C(=O)N1C. The number of carbonyl (C=O) groups excluding carboxylic acids is 17. The molecule has 0 unspecified atom stereocenters. The number of unbranched alkanes of at least 4 members (excludes halogenated alkanes) is 2. The quantitative estimate of drug-likeness (QED) is 0.0338. The highest BCUT2D eigenvalue weighted by molar-refractivity contribution is 8.00. The smallest absolute Gasteiger partial charge is 0.246 e. The summed E-state index contributed by atoms with van der Waals surface area (Å²) in [5.41, 5.74) is 26.5. The number of amides is 17. The molecule has 131 heavy (non-hydrogen) atoms. The fourth-order valence-corrected chi connectivity index (χ4v) is 17.4. The van der Waals surface area contributed by atoms with E-state index in [0.717, 1.165) is 26.5 Å². The van der Waals surface area contributed by atoms with Crippen molar-refractivity contribution in [2.75, 3.05) is 65.4 Å². The van der Waals surface area contributed by atoms with Gasteiger partial charge in [0.15, 0.2) is 0 Å². The standard InChI is InChI=1S/C90H131N21O19S/c1-11-13-24-70-83(123)100-62(36-49(3)4)80(120)106-69(78(118)97-45-75(94)115)47-131-48-76(116)98-65(38-52-27-29-55(112)30-28-52)86(126)107(8)51(7)77(117)102-67(41-74(93)114)88(128)110-35-19-26-71(110)84(124)105-68(42-92)82(122)103-64(37-50(5)6)89(129)111-46-56(113)31-32-72(111)85(125)101-63(39-53-43-95-59-22-17-15-20-57(53)59)81(121)99-61(33-34-91)79(119)104-66(40-54-44-96-60-23-18-16-21-58(54)60)87(127)109(10)73(25-14-12-2)90(130)108(70)9/h15-18,20-23,27-30,43-44,49-51,56,61-73,95-96,112-113H,11-14,19,24-26,31-42,45-48,91-92H2,1-10H3,(H2,93,114)(H2,94,115)(H,97,118)(H,98,116)(H,99,121)(H,100,123)(H,101,125)(H,102,117)(H,103,122)(H,104,119)(H,105,124)(H,106,120)/t51-,56-,61-,62-,63-,64-,65-,66-,67-,68-,69-,70-,71-,72-,73-/m0/s1. The fraction of sp³-hybridized carbons (Fsp3) is 0.567. The van der Waals surface area contributed by atoms with Crippen LogP contribution in [-0.2, 0) is 101 Å². The number of hydrogen-bond acceptors (Lipinski definition) is 22. The number of piperidine rings is 1. The van der Waals surface area contributed by atoms with E-state index in [1.54, 1.807) is 76.5 Å². The van der Waals surface area contributed by atoms with Crippen LogP contribution in [0.15, 0.2) is 85.2 Å². The number of phenols is 1. The van der Waals surface area contributed by atoms with E-state index in [1.165, 1.54) is 62.1 Å². The van der Waals surface area contributed by atoms with E-state index < -0.39 is 223 Å². The summed E-state index contributed by atoms with van der Waals surface area (Å²) in [6.45, 7) is 10.1. The number of primary amides is 2. The first-order valence-electron chi connectivity index (χ1n) is 44.8. The van der Waals surface area contributed by atoms with Gasteiger partial charge in [0.2, 0.25) is 100 Å². The van der Waals surface area contributed by atoms with Crippen molar-refractivity contribution < 1.29 is 91.7 Å². The number of fused-ring (bicyclic) bond motifs is 4. The van der Waals surface area contributed by atoms with Gasteiger partial charge in [0.25, 0.3) is 0 Å². The van der Waals surface area contributed by atoms with Crippen molar-refractivity contribution in [2.24, 2.45) is 34.8 Å². The number of benzene rings is 3. The normalized spacial score (nSPS) is 25.4. The number of phenolic OH excluding ortho intramolecular Hbond substituents is 1. The lowest BCUT2D eigenvalue weighted by atomic mass is 9.95. The molecule has 3 aliphatic heterocycles. The van der Waals surface area contributed by atoms with Gasteiger partial charge in [0, 0.05) is 100.0 Å². The summed E-state index contributed by atoms with van der Waals surface area (Å²) < 4.78 is 0. The van der Waals surface area contributed by atoms with Crippen LogP contribution < -0.4 is 76.1 Å². The van der Waals surface area contributed by atoms with Gasteiger partial charge in [-0.15, -0.1) is 11.8 Å². The lowest BCUT2D eigenvalue weighted by molar-refractivity contribution is -0.149. The third-order valence-corrected chi connectivity index (χ3v) is 24.9. The van der Waals surface area contributed by atoms with Gasteiger partial charge in [-0.05, 0) is 124 Å². The molecule has 0 aliphatic carbocycles. The van der Waals surface area contributed by atoms with Crippen LogP contribution in [0.1, 0.15) is 155 Å². The minimum absolute atomic E-state index is 0.00356. The number of hydrogen-bond donors (Lipinski definition) is 18. The van der Waals surface area contributed by atoms with Gasteiger partial charge in [-0.3, -0.25) is 81.5 Å². The van der Waals surface area contributed by atoms with Crippen molar-refractivity contribution in [3.8, 4) is 5.75 Å². The van der Waals surface area contributed by atoms with Crippen LogP contribution in [0.25, 0.3) is 21.8 Å². The van der Waals surface area contributed by atoms with Crippen LogP contribution in [0.4, 0.5) is 0 Å². The van der Waals surface area contributed by atoms with E-state index in [0.29, 0.717) is 64.2 Å². The number of nitrogens with two attached hydrogens (primary N) is 4. The Morgan fingerprint density at radius 3 is 1.59 bits per heavy atom. The summed E-state index contributed by atoms with van der Waals surface area (Å²) in [7, 11) is 4.02. The van der Waals surface area contributed by atoms with Crippen molar-refractivity contribution in [2.45, 2.75) is 248 Å². The Hall–Kier alpha value is -12.2.